The van der Waals surface area contributed by atoms with Crippen LogP contribution in [0.5, 0.6) is 0 Å². The molecule has 1 saturated carbocycles. The zero-order valence-corrected chi connectivity index (χ0v) is 14.3. The minimum absolute atomic E-state index is 0.00455. The molecule has 122 valence electrons. The quantitative estimate of drug-likeness (QED) is 0.857. The van der Waals surface area contributed by atoms with Crippen molar-refractivity contribution in [3.05, 3.63) is 30.3 Å². The first-order valence-electron chi connectivity index (χ1n) is 8.65. The predicted octanol–water partition coefficient (Wildman–Crippen LogP) is 4.13. The minimum atomic E-state index is 0.00455. The van der Waals surface area contributed by atoms with E-state index in [0.29, 0.717) is 12.6 Å². The third-order valence-corrected chi connectivity index (χ3v) is 4.84. The SMILES string of the molecule is CCC(C)(C)NCC(=O)N(c1ccccc1)C1CCCCC1. The van der Waals surface area contributed by atoms with Crippen LogP contribution in [0.1, 0.15) is 59.3 Å². The van der Waals surface area contributed by atoms with Gasteiger partial charge in [0.1, 0.15) is 0 Å². The molecule has 0 aliphatic heterocycles. The summed E-state index contributed by atoms with van der Waals surface area (Å²) in [6.07, 6.45) is 7.02. The van der Waals surface area contributed by atoms with E-state index < -0.39 is 0 Å². The van der Waals surface area contributed by atoms with Crippen LogP contribution in [0.4, 0.5) is 5.69 Å². The molecule has 0 heterocycles. The van der Waals surface area contributed by atoms with Crippen LogP contribution in [0, 0.1) is 0 Å². The molecule has 0 radical (unpaired) electrons. The van der Waals surface area contributed by atoms with Crippen molar-refractivity contribution < 1.29 is 4.79 Å². The molecule has 0 atom stereocenters. The first kappa shape index (κ1) is 17.0. The van der Waals surface area contributed by atoms with E-state index in [4.69, 9.17) is 0 Å². The Morgan fingerprint density at radius 1 is 1.18 bits per heavy atom. The van der Waals surface area contributed by atoms with Gasteiger partial charge in [-0.1, -0.05) is 44.4 Å². The normalized spacial score (nSPS) is 16.5. The van der Waals surface area contributed by atoms with Gasteiger partial charge in [0.05, 0.1) is 6.54 Å². The number of hydrogen-bond acceptors (Lipinski definition) is 2. The number of carbonyl (C=O) groups is 1. The maximum absolute atomic E-state index is 12.9. The summed E-state index contributed by atoms with van der Waals surface area (Å²) in [6.45, 7) is 6.85. The Labute approximate surface area is 135 Å². The zero-order valence-electron chi connectivity index (χ0n) is 14.3. The van der Waals surface area contributed by atoms with Gasteiger partial charge in [-0.25, -0.2) is 0 Å². The number of hydrogen-bond donors (Lipinski definition) is 1. The molecule has 0 bridgehead atoms. The molecule has 0 unspecified atom stereocenters. The number of para-hydroxylation sites is 1. The summed E-state index contributed by atoms with van der Waals surface area (Å²) in [5.41, 5.74) is 1.04. The Morgan fingerprint density at radius 3 is 2.41 bits per heavy atom. The second-order valence-corrected chi connectivity index (χ2v) is 6.98. The van der Waals surface area contributed by atoms with Gasteiger partial charge in [0.15, 0.2) is 0 Å². The molecule has 0 saturated heterocycles. The highest BCUT2D eigenvalue weighted by Gasteiger charge is 2.27. The maximum Gasteiger partial charge on any atom is 0.241 e. The fourth-order valence-corrected chi connectivity index (χ4v) is 3.01. The van der Waals surface area contributed by atoms with Crippen LogP contribution in [-0.2, 0) is 4.79 Å². The monoisotopic (exact) mass is 302 g/mol. The molecule has 3 heteroatoms. The predicted molar refractivity (Wildman–Crippen MR) is 93.2 cm³/mol. The summed E-state index contributed by atoms with van der Waals surface area (Å²) in [7, 11) is 0. The fraction of sp³-hybridized carbons (Fsp3) is 0.632. The summed E-state index contributed by atoms with van der Waals surface area (Å²) in [5, 5.41) is 3.41. The first-order valence-corrected chi connectivity index (χ1v) is 8.65. The molecule has 1 amide bonds. The molecule has 22 heavy (non-hydrogen) atoms. The highest BCUT2D eigenvalue weighted by atomic mass is 16.2. The van der Waals surface area contributed by atoms with Crippen molar-refractivity contribution in [3.8, 4) is 0 Å². The Balaban J connectivity index is 2.11. The molecule has 1 N–H and O–H groups in total. The van der Waals surface area contributed by atoms with Gasteiger partial charge >= 0.3 is 0 Å². The lowest BCUT2D eigenvalue weighted by atomic mass is 9.93. The summed E-state index contributed by atoms with van der Waals surface area (Å²) in [4.78, 5) is 14.9. The molecular formula is C19H30N2O. The van der Waals surface area contributed by atoms with Crippen LogP contribution in [0.15, 0.2) is 30.3 Å². The smallest absolute Gasteiger partial charge is 0.241 e. The van der Waals surface area contributed by atoms with E-state index in [0.717, 1.165) is 24.9 Å². The van der Waals surface area contributed by atoms with Crippen molar-refractivity contribution in [1.29, 1.82) is 0 Å². The van der Waals surface area contributed by atoms with E-state index in [9.17, 15) is 4.79 Å². The number of nitrogens with zero attached hydrogens (tertiary/aromatic N) is 1. The molecular weight excluding hydrogens is 272 g/mol. The van der Waals surface area contributed by atoms with Crippen molar-refractivity contribution in [1.82, 2.24) is 5.32 Å². The molecule has 1 fully saturated rings. The Bertz CT molecular complexity index is 464. The van der Waals surface area contributed by atoms with Gasteiger partial charge in [-0.05, 0) is 45.2 Å². The second kappa shape index (κ2) is 7.77. The van der Waals surface area contributed by atoms with Crippen LogP contribution in [0.25, 0.3) is 0 Å². The van der Waals surface area contributed by atoms with Crippen LogP contribution >= 0.6 is 0 Å². The molecule has 1 aromatic carbocycles. The Hall–Kier alpha value is -1.35. The van der Waals surface area contributed by atoms with Crippen molar-refractivity contribution in [2.24, 2.45) is 0 Å². The van der Waals surface area contributed by atoms with Gasteiger partial charge in [0.25, 0.3) is 0 Å². The molecule has 0 spiro atoms. The number of anilines is 1. The van der Waals surface area contributed by atoms with Gasteiger partial charge in [-0.3, -0.25) is 4.79 Å². The highest BCUT2D eigenvalue weighted by Crippen LogP contribution is 2.27. The average Bonchev–Trinajstić information content (AvgIpc) is 2.55. The largest absolute Gasteiger partial charge is 0.308 e. The zero-order chi connectivity index (χ0) is 16.0. The molecule has 1 aliphatic carbocycles. The Kier molecular flexibility index (Phi) is 6.01. The highest BCUT2D eigenvalue weighted by molar-refractivity contribution is 5.95. The number of carbonyl (C=O) groups excluding carboxylic acids is 1. The van der Waals surface area contributed by atoms with E-state index in [1.165, 1.54) is 19.3 Å². The lowest BCUT2D eigenvalue weighted by molar-refractivity contribution is -0.118. The van der Waals surface area contributed by atoms with Crippen LogP contribution < -0.4 is 10.2 Å². The van der Waals surface area contributed by atoms with Crippen LogP contribution in [0.3, 0.4) is 0 Å². The van der Waals surface area contributed by atoms with E-state index in [1.54, 1.807) is 0 Å². The van der Waals surface area contributed by atoms with E-state index in [-0.39, 0.29) is 11.4 Å². The van der Waals surface area contributed by atoms with Gasteiger partial charge in [-0.2, -0.15) is 0 Å². The maximum atomic E-state index is 12.9. The van der Waals surface area contributed by atoms with Crippen molar-refractivity contribution >= 4 is 11.6 Å². The van der Waals surface area contributed by atoms with Gasteiger partial charge in [0, 0.05) is 17.3 Å². The van der Waals surface area contributed by atoms with Crippen molar-refractivity contribution in [3.63, 3.8) is 0 Å². The van der Waals surface area contributed by atoms with Crippen molar-refractivity contribution in [2.45, 2.75) is 70.9 Å². The number of amides is 1. The van der Waals surface area contributed by atoms with Crippen LogP contribution in [0.2, 0.25) is 0 Å². The van der Waals surface area contributed by atoms with Crippen molar-refractivity contribution in [2.75, 3.05) is 11.4 Å². The van der Waals surface area contributed by atoms with Gasteiger partial charge < -0.3 is 10.2 Å². The van der Waals surface area contributed by atoms with Gasteiger partial charge in [0.2, 0.25) is 5.91 Å². The lowest BCUT2D eigenvalue weighted by Gasteiger charge is -2.35. The molecule has 1 aliphatic rings. The lowest BCUT2D eigenvalue weighted by Crippen LogP contribution is -2.49. The van der Waals surface area contributed by atoms with Crippen LogP contribution in [-0.4, -0.2) is 24.0 Å². The minimum Gasteiger partial charge on any atom is -0.308 e. The standard InChI is InChI=1S/C19H30N2O/c1-4-19(2,3)20-15-18(22)21(16-11-7-5-8-12-16)17-13-9-6-10-14-17/h5,7-8,11-12,17,20H,4,6,9-10,13-15H2,1-3H3. The number of rotatable bonds is 6. The molecule has 3 nitrogen and oxygen atoms in total. The summed E-state index contributed by atoms with van der Waals surface area (Å²) in [5.74, 6) is 0.194. The van der Waals surface area contributed by atoms with E-state index in [2.05, 4.69) is 38.2 Å². The van der Waals surface area contributed by atoms with E-state index in [1.807, 2.05) is 23.1 Å². The second-order valence-electron chi connectivity index (χ2n) is 6.98. The number of benzene rings is 1. The average molecular weight is 302 g/mol. The summed E-state index contributed by atoms with van der Waals surface area (Å²) >= 11 is 0. The van der Waals surface area contributed by atoms with E-state index >= 15 is 0 Å². The molecule has 2 rings (SSSR count). The third kappa shape index (κ3) is 4.57. The first-order chi connectivity index (χ1) is 10.5. The molecule has 1 aromatic rings. The number of nitrogens with one attached hydrogen (secondary N) is 1. The Morgan fingerprint density at radius 2 is 1.82 bits per heavy atom. The fourth-order valence-electron chi connectivity index (χ4n) is 3.01. The summed E-state index contributed by atoms with van der Waals surface area (Å²) in [6, 6.07) is 10.5. The van der Waals surface area contributed by atoms with Gasteiger partial charge in [-0.15, -0.1) is 0 Å². The molecule has 0 aromatic heterocycles. The topological polar surface area (TPSA) is 32.3 Å². The summed E-state index contributed by atoms with van der Waals surface area (Å²) < 4.78 is 0. The third-order valence-electron chi connectivity index (χ3n) is 4.84.